The van der Waals surface area contributed by atoms with E-state index in [-0.39, 0.29) is 17.6 Å². The summed E-state index contributed by atoms with van der Waals surface area (Å²) in [7, 11) is 0. The molecule has 2 aromatic carbocycles. The molecule has 0 radical (unpaired) electrons. The molecule has 2 saturated heterocycles. The molecule has 30 heavy (non-hydrogen) atoms. The molecule has 2 aliphatic heterocycles. The number of phenolic OH excluding ortho intramolecular Hbond substituents is 1. The van der Waals surface area contributed by atoms with Gasteiger partial charge in [-0.3, -0.25) is 9.59 Å². The predicted octanol–water partition coefficient (Wildman–Crippen LogP) is 2.77. The van der Waals surface area contributed by atoms with Gasteiger partial charge in [-0.25, -0.2) is 0 Å². The van der Waals surface area contributed by atoms with Gasteiger partial charge in [0.15, 0.2) is 0 Å². The van der Waals surface area contributed by atoms with Crippen LogP contribution in [0.2, 0.25) is 0 Å². The van der Waals surface area contributed by atoms with E-state index in [1.807, 2.05) is 35.2 Å². The van der Waals surface area contributed by atoms with Gasteiger partial charge in [0.25, 0.3) is 5.91 Å². The first-order valence-electron chi connectivity index (χ1n) is 10.9. The maximum atomic E-state index is 13.2. The Balaban J connectivity index is 1.32. The van der Waals surface area contributed by atoms with Gasteiger partial charge in [-0.2, -0.15) is 0 Å². The van der Waals surface area contributed by atoms with Crippen molar-refractivity contribution in [3.63, 3.8) is 0 Å². The third-order valence-corrected chi connectivity index (χ3v) is 7.11. The van der Waals surface area contributed by atoms with E-state index in [4.69, 9.17) is 0 Å². The summed E-state index contributed by atoms with van der Waals surface area (Å²) in [4.78, 5) is 29.9. The van der Waals surface area contributed by atoms with Crippen LogP contribution < -0.4 is 0 Å². The molecule has 3 fully saturated rings. The third-order valence-electron chi connectivity index (χ3n) is 7.11. The second-order valence-electron chi connectivity index (χ2n) is 9.27. The number of β-amino-alcohol motifs (C(OH)–C–C–N with tert-alkyl or cyclic N) is 1. The first-order valence-corrected chi connectivity index (χ1v) is 10.9. The van der Waals surface area contributed by atoms with Gasteiger partial charge in [0.1, 0.15) is 5.75 Å². The average molecular weight is 408 g/mol. The number of amides is 2. The molecule has 1 spiro atoms. The number of rotatable bonds is 3. The highest BCUT2D eigenvalue weighted by Crippen LogP contribution is 2.43. The normalized spacial score (nSPS) is 23.9. The SMILES string of the molecule is O=C(c1ccc2ccccc2c1O)N1CCC2(CC1)CC(O)CN(CC1CC1)C2=O. The quantitative estimate of drug-likeness (QED) is 0.818. The Kier molecular flexibility index (Phi) is 4.69. The van der Waals surface area contributed by atoms with Crippen LogP contribution in [0, 0.1) is 11.3 Å². The number of nitrogens with zero attached hydrogens (tertiary/aromatic N) is 2. The van der Waals surface area contributed by atoms with Crippen molar-refractivity contribution in [2.45, 2.75) is 38.2 Å². The number of hydrogen-bond acceptors (Lipinski definition) is 4. The molecule has 0 aromatic heterocycles. The van der Waals surface area contributed by atoms with E-state index >= 15 is 0 Å². The van der Waals surface area contributed by atoms with E-state index < -0.39 is 11.5 Å². The number of benzene rings is 2. The minimum Gasteiger partial charge on any atom is -0.506 e. The molecule has 2 amide bonds. The molecule has 1 atom stereocenters. The summed E-state index contributed by atoms with van der Waals surface area (Å²) < 4.78 is 0. The molecule has 3 aliphatic rings. The summed E-state index contributed by atoms with van der Waals surface area (Å²) in [6.07, 6.45) is 3.45. The van der Waals surface area contributed by atoms with Gasteiger partial charge in [-0.15, -0.1) is 0 Å². The summed E-state index contributed by atoms with van der Waals surface area (Å²) in [5, 5.41) is 22.6. The van der Waals surface area contributed by atoms with Crippen LogP contribution in [-0.4, -0.2) is 64.1 Å². The summed E-state index contributed by atoms with van der Waals surface area (Å²) in [5.74, 6) is 0.555. The Hall–Kier alpha value is -2.60. The number of fused-ring (bicyclic) bond motifs is 1. The van der Waals surface area contributed by atoms with Crippen LogP contribution in [0.5, 0.6) is 5.75 Å². The number of carbonyl (C=O) groups excluding carboxylic acids is 2. The fraction of sp³-hybridized carbons (Fsp3) is 0.500. The van der Waals surface area contributed by atoms with Gasteiger partial charge < -0.3 is 20.0 Å². The Bertz CT molecular complexity index is 990. The van der Waals surface area contributed by atoms with Crippen molar-refractivity contribution in [2.24, 2.45) is 11.3 Å². The van der Waals surface area contributed by atoms with Crippen LogP contribution in [-0.2, 0) is 4.79 Å². The third kappa shape index (κ3) is 3.33. The number of carbonyl (C=O) groups is 2. The Morgan fingerprint density at radius 3 is 2.57 bits per heavy atom. The van der Waals surface area contributed by atoms with Crippen LogP contribution in [0.15, 0.2) is 36.4 Å². The lowest BCUT2D eigenvalue weighted by Gasteiger charge is -2.48. The number of aliphatic hydroxyl groups excluding tert-OH is 1. The first-order chi connectivity index (χ1) is 14.5. The number of piperidine rings is 2. The highest BCUT2D eigenvalue weighted by Gasteiger charge is 2.49. The van der Waals surface area contributed by atoms with Crippen molar-refractivity contribution in [3.8, 4) is 5.75 Å². The van der Waals surface area contributed by atoms with Crippen LogP contribution in [0.1, 0.15) is 42.5 Å². The second-order valence-corrected chi connectivity index (χ2v) is 9.27. The monoisotopic (exact) mass is 408 g/mol. The molecule has 6 nitrogen and oxygen atoms in total. The lowest BCUT2D eigenvalue weighted by Crippen LogP contribution is -2.58. The molecule has 6 heteroatoms. The molecule has 158 valence electrons. The van der Waals surface area contributed by atoms with E-state index in [1.165, 1.54) is 12.8 Å². The summed E-state index contributed by atoms with van der Waals surface area (Å²) in [6.45, 7) is 2.11. The molecular weight excluding hydrogens is 380 g/mol. The van der Waals surface area contributed by atoms with E-state index in [0.717, 1.165) is 11.9 Å². The van der Waals surface area contributed by atoms with E-state index in [0.29, 0.717) is 55.8 Å². The van der Waals surface area contributed by atoms with Gasteiger partial charge in [-0.1, -0.05) is 30.3 Å². The fourth-order valence-electron chi connectivity index (χ4n) is 5.20. The van der Waals surface area contributed by atoms with Crippen LogP contribution in [0.3, 0.4) is 0 Å². The highest BCUT2D eigenvalue weighted by molar-refractivity contribution is 6.03. The van der Waals surface area contributed by atoms with Crippen molar-refractivity contribution in [1.29, 1.82) is 0 Å². The van der Waals surface area contributed by atoms with E-state index in [2.05, 4.69) is 0 Å². The zero-order valence-electron chi connectivity index (χ0n) is 17.1. The van der Waals surface area contributed by atoms with E-state index in [1.54, 1.807) is 11.0 Å². The number of aliphatic hydroxyl groups is 1. The van der Waals surface area contributed by atoms with Gasteiger partial charge in [-0.05, 0) is 49.5 Å². The minimum atomic E-state index is -0.561. The standard InChI is InChI=1S/C24H28N2O4/c27-18-13-24(23(30)26(15-18)14-16-5-6-16)9-11-25(12-10-24)22(29)20-8-7-17-3-1-2-4-19(17)21(20)28/h1-4,7-8,16,18,27-28H,5-6,9-15H2. The van der Waals surface area contributed by atoms with Crippen molar-refractivity contribution in [3.05, 3.63) is 42.0 Å². The summed E-state index contributed by atoms with van der Waals surface area (Å²) in [6, 6.07) is 11.0. The van der Waals surface area contributed by atoms with E-state index in [9.17, 15) is 19.8 Å². The van der Waals surface area contributed by atoms with Gasteiger partial charge >= 0.3 is 0 Å². The maximum Gasteiger partial charge on any atom is 0.257 e. The van der Waals surface area contributed by atoms with Crippen LogP contribution in [0.25, 0.3) is 10.8 Å². The fourth-order valence-corrected chi connectivity index (χ4v) is 5.20. The molecule has 1 saturated carbocycles. The lowest BCUT2D eigenvalue weighted by atomic mass is 9.70. The van der Waals surface area contributed by atoms with Crippen molar-refractivity contribution in [2.75, 3.05) is 26.2 Å². The van der Waals surface area contributed by atoms with Crippen molar-refractivity contribution in [1.82, 2.24) is 9.80 Å². The summed E-state index contributed by atoms with van der Waals surface area (Å²) in [5.41, 5.74) is -0.260. The molecular formula is C24H28N2O4. The van der Waals surface area contributed by atoms with Gasteiger partial charge in [0.05, 0.1) is 17.1 Å². The molecule has 1 unspecified atom stereocenters. The Morgan fingerprint density at radius 1 is 1.10 bits per heavy atom. The van der Waals surface area contributed by atoms with Crippen molar-refractivity contribution < 1.29 is 19.8 Å². The predicted molar refractivity (Wildman–Crippen MR) is 113 cm³/mol. The molecule has 1 aliphatic carbocycles. The second kappa shape index (κ2) is 7.27. The zero-order valence-corrected chi connectivity index (χ0v) is 17.1. The lowest BCUT2D eigenvalue weighted by molar-refractivity contribution is -0.156. The molecule has 2 heterocycles. The Morgan fingerprint density at radius 2 is 1.83 bits per heavy atom. The van der Waals surface area contributed by atoms with Gasteiger partial charge in [0.2, 0.25) is 5.91 Å². The molecule has 0 bridgehead atoms. The Labute approximate surface area is 176 Å². The smallest absolute Gasteiger partial charge is 0.257 e. The number of likely N-dealkylation sites (tertiary alicyclic amines) is 2. The first kappa shape index (κ1) is 19.4. The molecule has 5 rings (SSSR count). The zero-order chi connectivity index (χ0) is 20.9. The van der Waals surface area contributed by atoms with Gasteiger partial charge in [0, 0.05) is 31.6 Å². The molecule has 2 N–H and O–H groups in total. The maximum absolute atomic E-state index is 13.2. The number of aromatic hydroxyl groups is 1. The average Bonchev–Trinajstić information content (AvgIpc) is 3.56. The number of phenols is 1. The van der Waals surface area contributed by atoms with Crippen molar-refractivity contribution >= 4 is 22.6 Å². The minimum absolute atomic E-state index is 0.0122. The number of hydrogen-bond donors (Lipinski definition) is 2. The molecule has 2 aromatic rings. The van der Waals surface area contributed by atoms with Crippen LogP contribution >= 0.6 is 0 Å². The summed E-state index contributed by atoms with van der Waals surface area (Å²) >= 11 is 0. The van der Waals surface area contributed by atoms with Crippen LogP contribution in [0.4, 0.5) is 0 Å². The highest BCUT2D eigenvalue weighted by atomic mass is 16.3. The topological polar surface area (TPSA) is 81.1 Å². The largest absolute Gasteiger partial charge is 0.506 e.